The van der Waals surface area contributed by atoms with Gasteiger partial charge in [-0.2, -0.15) is 0 Å². The second-order valence-corrected chi connectivity index (χ2v) is 10.4. The van der Waals surface area contributed by atoms with Crippen LogP contribution in [0.15, 0.2) is 23.3 Å². The molecule has 0 atom stereocenters. The maximum atomic E-state index is 12.2. The largest absolute Gasteiger partial charge is 0.357 e. The molecule has 0 amide bonds. The monoisotopic (exact) mass is 379 g/mol. The zero-order valence-electron chi connectivity index (χ0n) is 15.9. The van der Waals surface area contributed by atoms with Crippen molar-refractivity contribution >= 4 is 21.6 Å². The highest BCUT2D eigenvalue weighted by Gasteiger charge is 2.40. The fourth-order valence-electron chi connectivity index (χ4n) is 3.53. The second-order valence-electron chi connectivity index (χ2n) is 7.62. The van der Waals surface area contributed by atoms with Gasteiger partial charge in [0.2, 0.25) is 0 Å². The summed E-state index contributed by atoms with van der Waals surface area (Å²) in [4.78, 5) is 13.2. The van der Waals surface area contributed by atoms with Crippen LogP contribution in [0.25, 0.3) is 0 Å². The van der Waals surface area contributed by atoms with Crippen molar-refractivity contribution in [2.24, 2.45) is 4.99 Å². The fraction of sp³-hybridized carbons (Fsp3) is 0.667. The van der Waals surface area contributed by atoms with Gasteiger partial charge in [0.15, 0.2) is 15.8 Å². The first-order chi connectivity index (χ1) is 12.3. The number of sulfone groups is 1. The van der Waals surface area contributed by atoms with Gasteiger partial charge in [-0.3, -0.25) is 4.99 Å². The minimum absolute atomic E-state index is 0.162. The molecule has 2 aliphatic rings. The van der Waals surface area contributed by atoms with E-state index in [9.17, 15) is 8.42 Å². The number of aromatic nitrogens is 1. The van der Waals surface area contributed by atoms with Crippen LogP contribution >= 0.6 is 0 Å². The molecule has 1 aromatic rings. The molecular formula is C18H29N5O2S. The van der Waals surface area contributed by atoms with Gasteiger partial charge in [0.25, 0.3) is 0 Å². The van der Waals surface area contributed by atoms with E-state index in [-0.39, 0.29) is 5.75 Å². The van der Waals surface area contributed by atoms with Crippen LogP contribution in [0.3, 0.4) is 0 Å². The summed E-state index contributed by atoms with van der Waals surface area (Å²) in [6, 6.07) is 4.13. The summed E-state index contributed by atoms with van der Waals surface area (Å²) < 4.78 is 23.6. The number of pyridine rings is 1. The van der Waals surface area contributed by atoms with E-state index in [2.05, 4.69) is 26.3 Å². The van der Waals surface area contributed by atoms with Crippen molar-refractivity contribution in [2.75, 3.05) is 43.9 Å². The first kappa shape index (κ1) is 18.9. The Kier molecular flexibility index (Phi) is 5.41. The molecular weight excluding hydrogens is 350 g/mol. The van der Waals surface area contributed by atoms with Crippen LogP contribution < -0.4 is 10.2 Å². The van der Waals surface area contributed by atoms with E-state index in [0.717, 1.165) is 30.4 Å². The molecule has 26 heavy (non-hydrogen) atoms. The topological polar surface area (TPSA) is 77.9 Å². The maximum absolute atomic E-state index is 12.2. The van der Waals surface area contributed by atoms with Gasteiger partial charge in [-0.25, -0.2) is 13.4 Å². The molecule has 7 nitrogen and oxygen atoms in total. The predicted octanol–water partition coefficient (Wildman–Crippen LogP) is 1.27. The third-order valence-electron chi connectivity index (χ3n) is 5.25. The highest BCUT2D eigenvalue weighted by Crippen LogP contribution is 2.24. The zero-order valence-corrected chi connectivity index (χ0v) is 16.7. The van der Waals surface area contributed by atoms with Crippen molar-refractivity contribution in [1.82, 2.24) is 15.2 Å². The Morgan fingerprint density at radius 1 is 1.31 bits per heavy atom. The summed E-state index contributed by atoms with van der Waals surface area (Å²) in [6.07, 6.45) is 4.30. The first-order valence-electron chi connectivity index (χ1n) is 9.20. The third kappa shape index (κ3) is 3.95. The number of hydrogen-bond acceptors (Lipinski definition) is 5. The maximum Gasteiger partial charge on any atom is 0.193 e. The fourth-order valence-corrected chi connectivity index (χ4v) is 4.89. The minimum Gasteiger partial charge on any atom is -0.357 e. The molecule has 1 aromatic heterocycles. The molecule has 0 radical (unpaired) electrons. The van der Waals surface area contributed by atoms with E-state index in [0.29, 0.717) is 19.6 Å². The SMILES string of the molecule is CN=C(NCc1ccnc(N2CCCC2)c1)N1CCS(=O)(=O)C(C)(C)C1. The molecule has 1 N–H and O–H groups in total. The lowest BCUT2D eigenvalue weighted by Crippen LogP contribution is -2.57. The Morgan fingerprint density at radius 2 is 2.04 bits per heavy atom. The Morgan fingerprint density at radius 3 is 2.69 bits per heavy atom. The summed E-state index contributed by atoms with van der Waals surface area (Å²) in [5.74, 6) is 1.93. The van der Waals surface area contributed by atoms with Gasteiger partial charge in [0.1, 0.15) is 5.82 Å². The average molecular weight is 380 g/mol. The summed E-state index contributed by atoms with van der Waals surface area (Å²) in [5.41, 5.74) is 1.15. The molecule has 0 spiro atoms. The summed E-state index contributed by atoms with van der Waals surface area (Å²) in [5, 5.41) is 3.37. The van der Waals surface area contributed by atoms with E-state index in [1.54, 1.807) is 20.9 Å². The van der Waals surface area contributed by atoms with Gasteiger partial charge in [0.05, 0.1) is 10.5 Å². The van der Waals surface area contributed by atoms with Crippen LogP contribution in [0.1, 0.15) is 32.3 Å². The van der Waals surface area contributed by atoms with Gasteiger partial charge in [-0.1, -0.05) is 0 Å². The Balaban J connectivity index is 1.64. The first-order valence-corrected chi connectivity index (χ1v) is 10.9. The number of anilines is 1. The quantitative estimate of drug-likeness (QED) is 0.629. The molecule has 0 unspecified atom stereocenters. The van der Waals surface area contributed by atoms with Gasteiger partial charge < -0.3 is 15.1 Å². The molecule has 2 fully saturated rings. The highest BCUT2D eigenvalue weighted by molar-refractivity contribution is 7.92. The number of nitrogens with one attached hydrogen (secondary N) is 1. The van der Waals surface area contributed by atoms with Crippen LogP contribution in [-0.2, 0) is 16.4 Å². The number of rotatable bonds is 3. The lowest BCUT2D eigenvalue weighted by molar-refractivity contribution is 0.353. The molecule has 0 saturated carbocycles. The number of guanidine groups is 1. The van der Waals surface area contributed by atoms with Gasteiger partial charge in [-0.15, -0.1) is 0 Å². The van der Waals surface area contributed by atoms with E-state index in [4.69, 9.17) is 0 Å². The van der Waals surface area contributed by atoms with Crippen LogP contribution in [0.4, 0.5) is 5.82 Å². The highest BCUT2D eigenvalue weighted by atomic mass is 32.2. The van der Waals surface area contributed by atoms with Crippen LogP contribution in [-0.4, -0.2) is 68.0 Å². The molecule has 2 saturated heterocycles. The Labute approximate surface area is 156 Å². The third-order valence-corrected chi connectivity index (χ3v) is 7.78. The molecule has 8 heteroatoms. The van der Waals surface area contributed by atoms with E-state index >= 15 is 0 Å². The smallest absolute Gasteiger partial charge is 0.193 e. The zero-order chi connectivity index (χ0) is 18.8. The van der Waals surface area contributed by atoms with Crippen LogP contribution in [0, 0.1) is 0 Å². The molecule has 0 aliphatic carbocycles. The summed E-state index contributed by atoms with van der Waals surface area (Å²) >= 11 is 0. The lowest BCUT2D eigenvalue weighted by atomic mass is 10.2. The van der Waals surface area contributed by atoms with Gasteiger partial charge >= 0.3 is 0 Å². The Hall–Kier alpha value is -1.83. The van der Waals surface area contributed by atoms with Crippen LogP contribution in [0.2, 0.25) is 0 Å². The van der Waals surface area contributed by atoms with Crippen molar-refractivity contribution in [3.8, 4) is 0 Å². The average Bonchev–Trinajstić information content (AvgIpc) is 3.13. The summed E-state index contributed by atoms with van der Waals surface area (Å²) in [7, 11) is -1.32. The van der Waals surface area contributed by atoms with E-state index in [1.165, 1.54) is 12.8 Å². The van der Waals surface area contributed by atoms with E-state index < -0.39 is 14.6 Å². The number of nitrogens with zero attached hydrogens (tertiary/aromatic N) is 4. The molecule has 3 heterocycles. The Bertz CT molecular complexity index is 770. The normalized spacial score (nSPS) is 22.5. The van der Waals surface area contributed by atoms with Gasteiger partial charge in [-0.05, 0) is 44.4 Å². The van der Waals surface area contributed by atoms with Crippen molar-refractivity contribution in [3.05, 3.63) is 23.9 Å². The number of aliphatic imine (C=N–C) groups is 1. The molecule has 0 bridgehead atoms. The molecule has 3 rings (SSSR count). The standard InChI is InChI=1S/C18H29N5O2S/c1-18(2)14-23(10-11-26(18,24)25)17(19-3)21-13-15-6-7-20-16(12-15)22-8-4-5-9-22/h6-7,12H,4-5,8-11,13-14H2,1-3H3,(H,19,21). The van der Waals surface area contributed by atoms with Crippen molar-refractivity contribution < 1.29 is 8.42 Å². The van der Waals surface area contributed by atoms with Crippen molar-refractivity contribution in [2.45, 2.75) is 38.0 Å². The van der Waals surface area contributed by atoms with Crippen molar-refractivity contribution in [1.29, 1.82) is 0 Å². The van der Waals surface area contributed by atoms with Crippen molar-refractivity contribution in [3.63, 3.8) is 0 Å². The van der Waals surface area contributed by atoms with Gasteiger partial charge in [0, 0.05) is 46.0 Å². The predicted molar refractivity (Wildman–Crippen MR) is 105 cm³/mol. The lowest BCUT2D eigenvalue weighted by Gasteiger charge is -2.39. The minimum atomic E-state index is -3.06. The van der Waals surface area contributed by atoms with Crippen LogP contribution in [0.5, 0.6) is 0 Å². The summed E-state index contributed by atoms with van der Waals surface area (Å²) in [6.45, 7) is 7.27. The molecule has 2 aliphatic heterocycles. The second kappa shape index (κ2) is 7.42. The molecule has 144 valence electrons. The van der Waals surface area contributed by atoms with E-state index in [1.807, 2.05) is 17.2 Å². The molecule has 0 aromatic carbocycles. The number of hydrogen-bond donors (Lipinski definition) is 1.